The average molecular weight is 375 g/mol. The topological polar surface area (TPSA) is 6.48 Å². The molecule has 1 heterocycles. The third kappa shape index (κ3) is 4.63. The fraction of sp³-hybridized carbons (Fsp3) is 0.696. The first-order valence-corrected chi connectivity index (χ1v) is 11.4. The van der Waals surface area contributed by atoms with Gasteiger partial charge in [-0.2, -0.15) is 0 Å². The van der Waals surface area contributed by atoms with E-state index in [4.69, 9.17) is 0 Å². The second-order valence-electron chi connectivity index (χ2n) is 10.1. The summed E-state index contributed by atoms with van der Waals surface area (Å²) in [5.41, 5.74) is 4.29. The summed E-state index contributed by atoms with van der Waals surface area (Å²) < 4.78 is 2.54. The van der Waals surface area contributed by atoms with Crippen molar-refractivity contribution in [1.82, 2.24) is 4.67 Å². The Bertz CT molecular complexity index is 567. The van der Waals surface area contributed by atoms with Crippen LogP contribution in [-0.2, 0) is 0 Å². The van der Waals surface area contributed by atoms with E-state index in [1.165, 1.54) is 16.8 Å². The molecule has 2 rings (SSSR count). The molecular weight excluding hydrogens is 335 g/mol. The average Bonchev–Trinajstić information content (AvgIpc) is 2.91. The molecule has 0 N–H and O–H groups in total. The Morgan fingerprint density at radius 2 is 1.31 bits per heavy atom. The van der Waals surface area contributed by atoms with Crippen molar-refractivity contribution in [3.63, 3.8) is 0 Å². The lowest BCUT2D eigenvalue weighted by molar-refractivity contribution is 0.562. The highest BCUT2D eigenvalue weighted by atomic mass is 31.1. The molecule has 1 aliphatic rings. The molecule has 2 radical (unpaired) electrons. The van der Waals surface area contributed by atoms with Crippen LogP contribution < -0.4 is 4.90 Å². The number of para-hydroxylation sites is 1. The third-order valence-electron chi connectivity index (χ3n) is 4.90. The van der Waals surface area contributed by atoms with E-state index < -0.39 is 0 Å². The van der Waals surface area contributed by atoms with Crippen molar-refractivity contribution in [3.8, 4) is 0 Å². The van der Waals surface area contributed by atoms with Crippen molar-refractivity contribution in [3.05, 3.63) is 36.0 Å². The lowest BCUT2D eigenvalue weighted by Crippen LogP contribution is -2.34. The Balaban J connectivity index is 2.39. The fourth-order valence-electron chi connectivity index (χ4n) is 4.29. The van der Waals surface area contributed by atoms with Crippen molar-refractivity contribution in [2.45, 2.75) is 91.4 Å². The molecule has 0 unspecified atom stereocenters. The van der Waals surface area contributed by atoms with Crippen molar-refractivity contribution < 1.29 is 0 Å². The van der Waals surface area contributed by atoms with E-state index in [1.807, 2.05) is 0 Å². The SMILES string of the molecule is CC(C)c1cccc(C(C)C)c1N1[C]N(P(C(C)(C)C)C(C)(C)C)CC1. The van der Waals surface area contributed by atoms with Gasteiger partial charge in [0.05, 0.1) is 0 Å². The van der Waals surface area contributed by atoms with Crippen LogP contribution >= 0.6 is 8.07 Å². The maximum absolute atomic E-state index is 3.81. The summed E-state index contributed by atoms with van der Waals surface area (Å²) in [6.07, 6.45) is 0. The van der Waals surface area contributed by atoms with Crippen molar-refractivity contribution in [2.24, 2.45) is 0 Å². The minimum absolute atomic E-state index is 0.273. The zero-order chi connectivity index (χ0) is 19.9. The molecule has 0 spiro atoms. The van der Waals surface area contributed by atoms with Crippen LogP contribution in [0.25, 0.3) is 0 Å². The van der Waals surface area contributed by atoms with Crippen LogP contribution in [0.1, 0.15) is 92.2 Å². The number of rotatable bonds is 4. The van der Waals surface area contributed by atoms with Crippen LogP contribution in [0.2, 0.25) is 0 Å². The molecule has 0 amide bonds. The Morgan fingerprint density at radius 1 is 0.846 bits per heavy atom. The highest BCUT2D eigenvalue weighted by molar-refractivity contribution is 7.58. The van der Waals surface area contributed by atoms with Gasteiger partial charge in [0.25, 0.3) is 0 Å². The van der Waals surface area contributed by atoms with Gasteiger partial charge in [-0.05, 0) is 41.3 Å². The molecule has 1 aliphatic heterocycles. The molecule has 1 aromatic rings. The van der Waals surface area contributed by atoms with Crippen LogP contribution in [0.4, 0.5) is 5.69 Å². The van der Waals surface area contributed by atoms with Gasteiger partial charge in [-0.1, -0.05) is 87.4 Å². The molecular formula is C23H39N2P. The highest BCUT2D eigenvalue weighted by Crippen LogP contribution is 2.63. The minimum atomic E-state index is -0.330. The molecule has 1 saturated heterocycles. The van der Waals surface area contributed by atoms with Gasteiger partial charge in [-0.25, -0.2) is 4.67 Å². The van der Waals surface area contributed by atoms with E-state index in [0.29, 0.717) is 11.8 Å². The molecule has 0 aromatic heterocycles. The van der Waals surface area contributed by atoms with E-state index in [0.717, 1.165) is 13.1 Å². The summed E-state index contributed by atoms with van der Waals surface area (Å²) in [6.45, 7) is 29.4. The zero-order valence-electron chi connectivity index (χ0n) is 18.6. The maximum Gasteiger partial charge on any atom is 0.181 e. The van der Waals surface area contributed by atoms with Gasteiger partial charge in [0.2, 0.25) is 0 Å². The molecule has 26 heavy (non-hydrogen) atoms. The molecule has 146 valence electrons. The van der Waals surface area contributed by atoms with E-state index in [9.17, 15) is 0 Å². The lowest BCUT2D eigenvalue weighted by Gasteiger charge is -2.46. The van der Waals surface area contributed by atoms with Crippen LogP contribution in [0.3, 0.4) is 0 Å². The highest BCUT2D eigenvalue weighted by Gasteiger charge is 2.42. The van der Waals surface area contributed by atoms with Gasteiger partial charge in [0, 0.05) is 18.8 Å². The largest absolute Gasteiger partial charge is 0.345 e. The Hall–Kier alpha value is -0.590. The van der Waals surface area contributed by atoms with E-state index in [-0.39, 0.29) is 18.4 Å². The monoisotopic (exact) mass is 374 g/mol. The van der Waals surface area contributed by atoms with Crippen LogP contribution in [0, 0.1) is 6.67 Å². The molecule has 0 atom stereocenters. The summed E-state index contributed by atoms with van der Waals surface area (Å²) in [6, 6.07) is 6.82. The van der Waals surface area contributed by atoms with Gasteiger partial charge in [-0.15, -0.1) is 0 Å². The van der Waals surface area contributed by atoms with Gasteiger partial charge in [0.15, 0.2) is 6.67 Å². The van der Waals surface area contributed by atoms with Crippen molar-refractivity contribution >= 4 is 13.8 Å². The van der Waals surface area contributed by atoms with Crippen LogP contribution in [0.5, 0.6) is 0 Å². The zero-order valence-corrected chi connectivity index (χ0v) is 19.5. The molecule has 1 aromatic carbocycles. The Morgan fingerprint density at radius 3 is 1.69 bits per heavy atom. The maximum atomic E-state index is 3.81. The summed E-state index contributed by atoms with van der Waals surface area (Å²) >= 11 is 0. The summed E-state index contributed by atoms with van der Waals surface area (Å²) in [7, 11) is -0.330. The second kappa shape index (κ2) is 7.80. The van der Waals surface area contributed by atoms with E-state index in [1.54, 1.807) is 0 Å². The molecule has 0 saturated carbocycles. The first-order chi connectivity index (χ1) is 11.8. The fourth-order valence-corrected chi connectivity index (χ4v) is 8.24. The van der Waals surface area contributed by atoms with E-state index >= 15 is 0 Å². The third-order valence-corrected chi connectivity index (χ3v) is 8.21. The number of anilines is 1. The van der Waals surface area contributed by atoms with Crippen LogP contribution in [-0.4, -0.2) is 28.1 Å². The van der Waals surface area contributed by atoms with Crippen molar-refractivity contribution in [1.29, 1.82) is 0 Å². The standard InChI is InChI=1S/C23H39N2P/c1-17(2)19-12-11-13-20(18(3)4)21(19)24-14-15-25(16-24)26(22(5,6)7)23(8,9)10/h11-13,17-18H,14-15H2,1-10H3. The Kier molecular flexibility index (Phi) is 6.51. The summed E-state index contributed by atoms with van der Waals surface area (Å²) in [4.78, 5) is 2.41. The number of hydrogen-bond donors (Lipinski definition) is 0. The predicted molar refractivity (Wildman–Crippen MR) is 118 cm³/mol. The lowest BCUT2D eigenvalue weighted by atomic mass is 9.92. The number of benzene rings is 1. The first-order valence-electron chi connectivity index (χ1n) is 10.1. The van der Waals surface area contributed by atoms with Gasteiger partial charge in [0.1, 0.15) is 0 Å². The number of nitrogens with zero attached hydrogens (tertiary/aromatic N) is 2. The predicted octanol–water partition coefficient (Wildman–Crippen LogP) is 7.05. The molecule has 1 fully saturated rings. The van der Waals surface area contributed by atoms with Gasteiger partial charge >= 0.3 is 0 Å². The summed E-state index contributed by atoms with van der Waals surface area (Å²) in [5, 5.41) is 0.546. The van der Waals surface area contributed by atoms with Gasteiger partial charge < -0.3 is 4.90 Å². The molecule has 0 aliphatic carbocycles. The molecule has 3 heteroatoms. The smallest absolute Gasteiger partial charge is 0.181 e. The molecule has 0 bridgehead atoms. The summed E-state index contributed by atoms with van der Waals surface area (Å²) in [5.74, 6) is 1.04. The quantitative estimate of drug-likeness (QED) is 0.521. The number of hydrogen-bond acceptors (Lipinski definition) is 2. The first kappa shape index (κ1) is 21.7. The van der Waals surface area contributed by atoms with E-state index in [2.05, 4.69) is 104 Å². The molecule has 2 nitrogen and oxygen atoms in total. The van der Waals surface area contributed by atoms with Crippen LogP contribution in [0.15, 0.2) is 18.2 Å². The minimum Gasteiger partial charge on any atom is -0.345 e. The van der Waals surface area contributed by atoms with Crippen molar-refractivity contribution in [2.75, 3.05) is 18.0 Å². The second-order valence-corrected chi connectivity index (χ2v) is 13.9. The normalized spacial score (nSPS) is 17.2. The van der Waals surface area contributed by atoms with Gasteiger partial charge in [-0.3, -0.25) is 0 Å². The Labute approximate surface area is 164 Å².